The number of sulfonamides is 1. The number of hydrogen-bond acceptors (Lipinski definition) is 7. The number of methoxy groups -OCH3 is 1. The maximum Gasteiger partial charge on any atom is 0.273 e. The molecule has 0 radical (unpaired) electrons. The highest BCUT2D eigenvalue weighted by Gasteiger charge is 2.33. The Morgan fingerprint density at radius 2 is 1.67 bits per heavy atom. The summed E-state index contributed by atoms with van der Waals surface area (Å²) in [5, 5.41) is 14.4. The van der Waals surface area contributed by atoms with Crippen molar-refractivity contribution in [2.75, 3.05) is 18.0 Å². The van der Waals surface area contributed by atoms with Gasteiger partial charge in [-0.2, -0.15) is 0 Å². The van der Waals surface area contributed by atoms with Gasteiger partial charge < -0.3 is 15.0 Å². The van der Waals surface area contributed by atoms with Crippen molar-refractivity contribution in [1.82, 2.24) is 10.2 Å². The molecule has 0 aliphatic rings. The molecule has 230 valence electrons. The van der Waals surface area contributed by atoms with Crippen LogP contribution in [0, 0.1) is 22.9 Å². The number of rotatable bonds is 13. The molecule has 1 N–H and O–H groups in total. The van der Waals surface area contributed by atoms with Crippen molar-refractivity contribution in [3.05, 3.63) is 93.8 Å². The average molecular weight is 615 g/mol. The van der Waals surface area contributed by atoms with Gasteiger partial charge in [0.2, 0.25) is 11.8 Å². The Bertz CT molecular complexity index is 1560. The summed E-state index contributed by atoms with van der Waals surface area (Å²) in [6.07, 6.45) is 0.649. The van der Waals surface area contributed by atoms with Gasteiger partial charge >= 0.3 is 0 Å². The summed E-state index contributed by atoms with van der Waals surface area (Å²) in [6, 6.07) is 13.6. The third kappa shape index (κ3) is 8.07. The number of carbonyl (C=O) groups excluding carboxylic acids is 2. The standard InChI is InChI=1S/C30H35FN4O7S/c1-6-21(3)32-30(37)22(4)33(18-23-8-10-24(31)11-9-23)29(36)19-34(25-12-14-26(42-5)15-13-25)43(40,41)27-16-7-20(2)28(17-27)35(38)39/h7-17,21-22H,6,18-19H2,1-5H3,(H,32,37)/t21-,22+/m1/s1. The molecule has 13 heteroatoms. The summed E-state index contributed by atoms with van der Waals surface area (Å²) < 4.78 is 47.6. The van der Waals surface area contributed by atoms with E-state index in [0.29, 0.717) is 17.7 Å². The Hall–Kier alpha value is -4.52. The summed E-state index contributed by atoms with van der Waals surface area (Å²) in [7, 11) is -3.09. The van der Waals surface area contributed by atoms with Gasteiger partial charge in [-0.3, -0.25) is 24.0 Å². The van der Waals surface area contributed by atoms with E-state index in [1.54, 1.807) is 0 Å². The van der Waals surface area contributed by atoms with E-state index in [1.807, 2.05) is 13.8 Å². The zero-order valence-electron chi connectivity index (χ0n) is 24.6. The van der Waals surface area contributed by atoms with Gasteiger partial charge in [0.25, 0.3) is 15.7 Å². The maximum atomic E-state index is 14.0. The van der Waals surface area contributed by atoms with Crippen LogP contribution in [0.1, 0.15) is 38.3 Å². The zero-order chi connectivity index (χ0) is 31.9. The Morgan fingerprint density at radius 1 is 1.05 bits per heavy atom. The van der Waals surface area contributed by atoms with Crippen molar-refractivity contribution >= 4 is 33.2 Å². The molecule has 0 spiro atoms. The van der Waals surface area contributed by atoms with Gasteiger partial charge in [0.05, 0.1) is 22.6 Å². The lowest BCUT2D eigenvalue weighted by Crippen LogP contribution is -2.52. The fourth-order valence-electron chi connectivity index (χ4n) is 4.19. The number of ether oxygens (including phenoxy) is 1. The van der Waals surface area contributed by atoms with Crippen molar-refractivity contribution in [3.63, 3.8) is 0 Å². The number of nitrogens with one attached hydrogen (secondary N) is 1. The SMILES string of the molecule is CC[C@@H](C)NC(=O)[C@H](C)N(Cc1ccc(F)cc1)C(=O)CN(c1ccc(OC)cc1)S(=O)(=O)c1ccc(C)c([N+](=O)[O-])c1. The van der Waals surface area contributed by atoms with Crippen LogP contribution in [-0.4, -0.2) is 55.8 Å². The zero-order valence-corrected chi connectivity index (χ0v) is 25.4. The smallest absolute Gasteiger partial charge is 0.273 e. The molecule has 0 fully saturated rings. The topological polar surface area (TPSA) is 139 Å². The van der Waals surface area contributed by atoms with Crippen LogP contribution < -0.4 is 14.4 Å². The van der Waals surface area contributed by atoms with Crippen molar-refractivity contribution in [3.8, 4) is 5.75 Å². The molecule has 0 saturated carbocycles. The van der Waals surface area contributed by atoms with Crippen molar-refractivity contribution in [2.24, 2.45) is 0 Å². The second kappa shape index (κ2) is 14.1. The number of nitrogens with zero attached hydrogens (tertiary/aromatic N) is 3. The average Bonchev–Trinajstić information content (AvgIpc) is 2.98. The lowest BCUT2D eigenvalue weighted by atomic mass is 10.1. The normalized spacial score (nSPS) is 12.6. The second-order valence-corrected chi connectivity index (χ2v) is 11.9. The first kappa shape index (κ1) is 33.0. The van der Waals surface area contributed by atoms with Crippen LogP contribution in [-0.2, 0) is 26.2 Å². The highest BCUT2D eigenvalue weighted by atomic mass is 32.2. The summed E-state index contributed by atoms with van der Waals surface area (Å²) in [4.78, 5) is 38.8. The summed E-state index contributed by atoms with van der Waals surface area (Å²) >= 11 is 0. The monoisotopic (exact) mass is 614 g/mol. The van der Waals surface area contributed by atoms with Gasteiger partial charge in [-0.1, -0.05) is 25.1 Å². The molecule has 0 aromatic heterocycles. The number of hydrogen-bond donors (Lipinski definition) is 1. The van der Waals surface area contributed by atoms with Crippen molar-refractivity contribution in [2.45, 2.75) is 57.6 Å². The predicted octanol–water partition coefficient (Wildman–Crippen LogP) is 4.58. The van der Waals surface area contributed by atoms with E-state index in [-0.39, 0.29) is 28.7 Å². The molecule has 0 bridgehead atoms. The Balaban J connectivity index is 2.08. The highest BCUT2D eigenvalue weighted by Crippen LogP contribution is 2.29. The van der Waals surface area contributed by atoms with Gasteiger partial charge in [0.15, 0.2) is 0 Å². The van der Waals surface area contributed by atoms with E-state index in [0.717, 1.165) is 10.4 Å². The summed E-state index contributed by atoms with van der Waals surface area (Å²) in [5.74, 6) is -1.21. The predicted molar refractivity (Wildman–Crippen MR) is 160 cm³/mol. The quantitative estimate of drug-likeness (QED) is 0.220. The van der Waals surface area contributed by atoms with Gasteiger partial charge in [-0.15, -0.1) is 0 Å². The lowest BCUT2D eigenvalue weighted by molar-refractivity contribution is -0.385. The molecule has 3 aromatic rings. The van der Waals surface area contributed by atoms with Crippen LogP contribution >= 0.6 is 0 Å². The number of aryl methyl sites for hydroxylation is 1. The molecule has 0 aliphatic heterocycles. The fraction of sp³-hybridized carbons (Fsp3) is 0.333. The second-order valence-electron chi connectivity index (χ2n) is 10.1. The van der Waals surface area contributed by atoms with Gasteiger partial charge in [-0.25, -0.2) is 12.8 Å². The number of nitro benzene ring substituents is 1. The molecular weight excluding hydrogens is 579 g/mol. The van der Waals surface area contributed by atoms with Crippen molar-refractivity contribution < 1.29 is 32.1 Å². The molecule has 3 aromatic carbocycles. The number of nitro groups is 1. The molecule has 0 saturated heterocycles. The molecule has 3 rings (SSSR count). The molecule has 11 nitrogen and oxygen atoms in total. The number of anilines is 1. The Kier molecular flexibility index (Phi) is 10.8. The minimum absolute atomic E-state index is 0.0934. The Labute approximate surface area is 250 Å². The molecule has 43 heavy (non-hydrogen) atoms. The van der Waals surface area contributed by atoms with E-state index >= 15 is 0 Å². The Morgan fingerprint density at radius 3 is 2.23 bits per heavy atom. The van der Waals surface area contributed by atoms with Crippen LogP contribution in [0.5, 0.6) is 5.75 Å². The first-order valence-corrected chi connectivity index (χ1v) is 15.0. The van der Waals surface area contributed by atoms with Crippen molar-refractivity contribution in [1.29, 1.82) is 0 Å². The van der Waals surface area contributed by atoms with E-state index in [1.165, 1.54) is 86.5 Å². The van der Waals surface area contributed by atoms with Crippen LogP contribution in [0.3, 0.4) is 0 Å². The minimum atomic E-state index is -4.53. The van der Waals surface area contributed by atoms with E-state index in [9.17, 15) is 32.5 Å². The molecule has 2 amide bonds. The summed E-state index contributed by atoms with van der Waals surface area (Å²) in [5.41, 5.74) is 0.486. The number of benzene rings is 3. The van der Waals surface area contributed by atoms with E-state index in [2.05, 4.69) is 5.32 Å². The molecule has 0 unspecified atom stereocenters. The van der Waals surface area contributed by atoms with Gasteiger partial charge in [0.1, 0.15) is 24.2 Å². The van der Waals surface area contributed by atoms with E-state index in [4.69, 9.17) is 4.74 Å². The number of amides is 2. The van der Waals surface area contributed by atoms with E-state index < -0.39 is 50.9 Å². The maximum absolute atomic E-state index is 14.0. The molecule has 2 atom stereocenters. The fourth-order valence-corrected chi connectivity index (χ4v) is 5.62. The van der Waals surface area contributed by atoms with Gasteiger partial charge in [-0.05, 0) is 75.2 Å². The molecule has 0 heterocycles. The largest absolute Gasteiger partial charge is 0.497 e. The minimum Gasteiger partial charge on any atom is -0.497 e. The molecular formula is C30H35FN4O7S. The van der Waals surface area contributed by atoms with Gasteiger partial charge in [0, 0.05) is 24.2 Å². The number of halogens is 1. The number of carbonyl (C=O) groups is 2. The first-order chi connectivity index (χ1) is 20.3. The third-order valence-electron chi connectivity index (χ3n) is 7.04. The highest BCUT2D eigenvalue weighted by molar-refractivity contribution is 7.92. The lowest BCUT2D eigenvalue weighted by Gasteiger charge is -2.32. The van der Waals surface area contributed by atoms with Crippen LogP contribution in [0.15, 0.2) is 71.6 Å². The van der Waals surface area contributed by atoms with Crippen LogP contribution in [0.25, 0.3) is 0 Å². The first-order valence-electron chi connectivity index (χ1n) is 13.5. The van der Waals surface area contributed by atoms with Crippen LogP contribution in [0.2, 0.25) is 0 Å². The van der Waals surface area contributed by atoms with Crippen LogP contribution in [0.4, 0.5) is 15.8 Å². The summed E-state index contributed by atoms with van der Waals surface area (Å²) in [6.45, 7) is 5.87. The third-order valence-corrected chi connectivity index (χ3v) is 8.81. The molecule has 0 aliphatic carbocycles.